The van der Waals surface area contributed by atoms with Crippen LogP contribution in [0.15, 0.2) is 30.5 Å². The van der Waals surface area contributed by atoms with Crippen molar-refractivity contribution in [2.75, 3.05) is 13.2 Å². The van der Waals surface area contributed by atoms with Crippen LogP contribution in [0.4, 0.5) is 0 Å². The molecule has 0 aliphatic rings. The summed E-state index contributed by atoms with van der Waals surface area (Å²) in [5.74, 6) is 0.00292. The zero-order valence-electron chi connectivity index (χ0n) is 9.85. The molecule has 2 aromatic rings. The lowest BCUT2D eigenvalue weighted by atomic mass is 10.1. The van der Waals surface area contributed by atoms with Gasteiger partial charge in [0, 0.05) is 11.6 Å². The van der Waals surface area contributed by atoms with Crippen molar-refractivity contribution in [1.29, 1.82) is 0 Å². The number of para-hydroxylation sites is 1. The smallest absolute Gasteiger partial charge is 0.172 e. The van der Waals surface area contributed by atoms with Crippen molar-refractivity contribution < 1.29 is 9.63 Å². The van der Waals surface area contributed by atoms with Gasteiger partial charge >= 0.3 is 0 Å². The highest BCUT2D eigenvalue weighted by atomic mass is 16.7. The van der Waals surface area contributed by atoms with Gasteiger partial charge in [-0.3, -0.25) is 4.79 Å². The molecule has 2 N–H and O–H groups in total. The maximum absolute atomic E-state index is 10.9. The minimum atomic E-state index is 0.00292. The lowest BCUT2D eigenvalue weighted by Gasteiger charge is -2.05. The highest BCUT2D eigenvalue weighted by molar-refractivity contribution is 5.84. The van der Waals surface area contributed by atoms with Crippen LogP contribution in [-0.2, 0) is 11.2 Å². The summed E-state index contributed by atoms with van der Waals surface area (Å²) in [5.41, 5.74) is 7.69. The van der Waals surface area contributed by atoms with E-state index in [1.54, 1.807) is 4.73 Å². The predicted octanol–water partition coefficient (Wildman–Crippen LogP) is 1.16. The summed E-state index contributed by atoms with van der Waals surface area (Å²) in [5, 5.41) is 1.13. The Morgan fingerprint density at radius 2 is 2.18 bits per heavy atom. The first-order valence-electron chi connectivity index (χ1n) is 5.64. The second-order valence-corrected chi connectivity index (χ2v) is 4.01. The molecule has 0 radical (unpaired) electrons. The maximum Gasteiger partial charge on any atom is 0.172 e. The van der Waals surface area contributed by atoms with Gasteiger partial charge in [0.25, 0.3) is 0 Å². The van der Waals surface area contributed by atoms with Crippen LogP contribution in [0.3, 0.4) is 0 Å². The van der Waals surface area contributed by atoms with E-state index in [0.717, 1.165) is 22.9 Å². The second kappa shape index (κ2) is 5.01. The fraction of sp³-hybridized carbons (Fsp3) is 0.308. The van der Waals surface area contributed by atoms with E-state index in [-0.39, 0.29) is 12.4 Å². The van der Waals surface area contributed by atoms with Crippen molar-refractivity contribution in [3.63, 3.8) is 0 Å². The Hall–Kier alpha value is -1.81. The van der Waals surface area contributed by atoms with Gasteiger partial charge in [-0.15, -0.1) is 0 Å². The van der Waals surface area contributed by atoms with Gasteiger partial charge in [0.15, 0.2) is 12.4 Å². The Balaban J connectivity index is 2.37. The summed E-state index contributed by atoms with van der Waals surface area (Å²) in [7, 11) is 0. The monoisotopic (exact) mass is 232 g/mol. The number of aromatic nitrogens is 1. The Kier molecular flexibility index (Phi) is 3.44. The third-order valence-corrected chi connectivity index (χ3v) is 2.58. The Labute approximate surface area is 99.9 Å². The summed E-state index contributed by atoms with van der Waals surface area (Å²) < 4.78 is 1.65. The number of rotatable bonds is 5. The summed E-state index contributed by atoms with van der Waals surface area (Å²) >= 11 is 0. The molecule has 0 amide bonds. The van der Waals surface area contributed by atoms with Crippen LogP contribution < -0.4 is 10.6 Å². The van der Waals surface area contributed by atoms with Gasteiger partial charge in [-0.1, -0.05) is 18.2 Å². The molecule has 1 heterocycles. The molecule has 4 nitrogen and oxygen atoms in total. The number of carbonyl (C=O) groups is 1. The standard InChI is InChI=1S/C13H16N2O2/c1-10(16)9-17-15-8-11(6-7-14)12-4-2-3-5-13(12)15/h2-5,8H,6-7,9,14H2,1H3. The lowest BCUT2D eigenvalue weighted by Crippen LogP contribution is -2.16. The summed E-state index contributed by atoms with van der Waals surface area (Å²) in [6, 6.07) is 7.93. The average Bonchev–Trinajstić information content (AvgIpc) is 2.66. The molecular formula is C13H16N2O2. The molecule has 17 heavy (non-hydrogen) atoms. The number of fused-ring (bicyclic) bond motifs is 1. The van der Waals surface area contributed by atoms with Crippen molar-refractivity contribution in [2.45, 2.75) is 13.3 Å². The second-order valence-electron chi connectivity index (χ2n) is 4.01. The number of Topliss-reactive ketones (excluding diaryl/α,β-unsaturated/α-hetero) is 1. The highest BCUT2D eigenvalue weighted by Crippen LogP contribution is 2.20. The van der Waals surface area contributed by atoms with Crippen LogP contribution >= 0.6 is 0 Å². The molecule has 0 spiro atoms. The van der Waals surface area contributed by atoms with Crippen molar-refractivity contribution in [3.8, 4) is 0 Å². The summed E-state index contributed by atoms with van der Waals surface area (Å²) in [6.45, 7) is 2.19. The van der Waals surface area contributed by atoms with E-state index in [1.165, 1.54) is 6.92 Å². The van der Waals surface area contributed by atoms with Gasteiger partial charge in [-0.05, 0) is 31.5 Å². The van der Waals surface area contributed by atoms with Gasteiger partial charge in [-0.25, -0.2) is 0 Å². The van der Waals surface area contributed by atoms with Gasteiger partial charge in [-0.2, -0.15) is 4.73 Å². The van der Waals surface area contributed by atoms with E-state index < -0.39 is 0 Å². The first kappa shape index (κ1) is 11.7. The van der Waals surface area contributed by atoms with Gasteiger partial charge in [0.1, 0.15) is 0 Å². The molecule has 4 heteroatoms. The molecule has 90 valence electrons. The van der Waals surface area contributed by atoms with Crippen molar-refractivity contribution in [2.24, 2.45) is 5.73 Å². The quantitative estimate of drug-likeness (QED) is 0.841. The van der Waals surface area contributed by atoms with Crippen LogP contribution in [-0.4, -0.2) is 23.7 Å². The fourth-order valence-corrected chi connectivity index (χ4v) is 1.84. The first-order valence-corrected chi connectivity index (χ1v) is 5.64. The van der Waals surface area contributed by atoms with E-state index in [4.69, 9.17) is 10.6 Å². The van der Waals surface area contributed by atoms with Crippen molar-refractivity contribution in [1.82, 2.24) is 4.73 Å². The van der Waals surface area contributed by atoms with E-state index >= 15 is 0 Å². The zero-order chi connectivity index (χ0) is 12.3. The molecule has 0 aliphatic heterocycles. The largest absolute Gasteiger partial charge is 0.406 e. The minimum Gasteiger partial charge on any atom is -0.406 e. The third kappa shape index (κ3) is 2.47. The van der Waals surface area contributed by atoms with Crippen LogP contribution in [0.5, 0.6) is 0 Å². The topological polar surface area (TPSA) is 57.2 Å². The third-order valence-electron chi connectivity index (χ3n) is 2.58. The number of hydrogen-bond donors (Lipinski definition) is 1. The van der Waals surface area contributed by atoms with Crippen LogP contribution in [0, 0.1) is 0 Å². The zero-order valence-corrected chi connectivity index (χ0v) is 9.85. The van der Waals surface area contributed by atoms with E-state index in [9.17, 15) is 4.79 Å². The van der Waals surface area contributed by atoms with E-state index in [2.05, 4.69) is 0 Å². The number of carbonyl (C=O) groups excluding carboxylic acids is 1. The Bertz CT molecular complexity index is 531. The predicted molar refractivity (Wildman–Crippen MR) is 66.8 cm³/mol. The molecule has 2 rings (SSSR count). The van der Waals surface area contributed by atoms with E-state index in [1.807, 2.05) is 30.5 Å². The van der Waals surface area contributed by atoms with Crippen LogP contribution in [0.2, 0.25) is 0 Å². The fourth-order valence-electron chi connectivity index (χ4n) is 1.84. The molecule has 0 saturated carbocycles. The summed E-state index contributed by atoms with van der Waals surface area (Å²) in [4.78, 5) is 16.4. The SMILES string of the molecule is CC(=O)COn1cc(CCN)c2ccccc21. The first-order chi connectivity index (χ1) is 8.22. The molecule has 0 unspecified atom stereocenters. The molecule has 0 fully saturated rings. The van der Waals surface area contributed by atoms with E-state index in [0.29, 0.717) is 6.54 Å². The lowest BCUT2D eigenvalue weighted by molar-refractivity contribution is -0.121. The summed E-state index contributed by atoms with van der Waals surface area (Å²) in [6.07, 6.45) is 2.71. The average molecular weight is 232 g/mol. The molecular weight excluding hydrogens is 216 g/mol. The molecule has 1 aromatic heterocycles. The molecule has 1 aromatic carbocycles. The molecule has 0 bridgehead atoms. The van der Waals surface area contributed by atoms with Gasteiger partial charge < -0.3 is 10.6 Å². The number of benzene rings is 1. The Morgan fingerprint density at radius 3 is 2.88 bits per heavy atom. The highest BCUT2D eigenvalue weighted by Gasteiger charge is 2.08. The number of nitrogens with two attached hydrogens (primary N) is 1. The Morgan fingerprint density at radius 1 is 1.41 bits per heavy atom. The number of hydrogen-bond acceptors (Lipinski definition) is 3. The molecule has 0 aliphatic carbocycles. The van der Waals surface area contributed by atoms with Crippen LogP contribution in [0.1, 0.15) is 12.5 Å². The normalized spacial score (nSPS) is 10.7. The van der Waals surface area contributed by atoms with Gasteiger partial charge in [0.2, 0.25) is 0 Å². The van der Waals surface area contributed by atoms with Crippen molar-refractivity contribution >= 4 is 16.7 Å². The molecule has 0 atom stereocenters. The number of nitrogens with zero attached hydrogens (tertiary/aromatic N) is 1. The maximum atomic E-state index is 10.9. The van der Waals surface area contributed by atoms with Gasteiger partial charge in [0.05, 0.1) is 5.52 Å². The van der Waals surface area contributed by atoms with Crippen molar-refractivity contribution in [3.05, 3.63) is 36.0 Å². The van der Waals surface area contributed by atoms with Crippen LogP contribution in [0.25, 0.3) is 10.9 Å². The number of ketones is 1. The molecule has 0 saturated heterocycles. The minimum absolute atomic E-state index is 0.00292.